The minimum absolute atomic E-state index is 0.00470. The van der Waals surface area contributed by atoms with Crippen molar-refractivity contribution in [1.29, 1.82) is 0 Å². The first kappa shape index (κ1) is 16.3. The van der Waals surface area contributed by atoms with Crippen LogP contribution in [-0.4, -0.2) is 56.4 Å². The van der Waals surface area contributed by atoms with Gasteiger partial charge in [-0.25, -0.2) is 8.42 Å². The number of aliphatic carboxylic acids is 1. The minimum Gasteiger partial charge on any atom is -0.481 e. The number of sulfonamides is 1. The number of ether oxygens (including phenoxy) is 1. The molecular formula is C10H21NO5S. The van der Waals surface area contributed by atoms with Crippen molar-refractivity contribution in [3.05, 3.63) is 0 Å². The number of hydrogen-bond acceptors (Lipinski definition) is 4. The monoisotopic (exact) mass is 267 g/mol. The molecule has 17 heavy (non-hydrogen) atoms. The number of methoxy groups -OCH3 is 1. The van der Waals surface area contributed by atoms with Crippen LogP contribution in [0.15, 0.2) is 0 Å². The molecule has 0 bridgehead atoms. The quantitative estimate of drug-likeness (QED) is 0.624. The summed E-state index contributed by atoms with van der Waals surface area (Å²) in [5.74, 6) is -0.939. The molecule has 0 aliphatic rings. The van der Waals surface area contributed by atoms with Crippen molar-refractivity contribution in [3.8, 4) is 0 Å². The molecule has 0 atom stereocenters. The second kappa shape index (κ2) is 8.43. The lowest BCUT2D eigenvalue weighted by molar-refractivity contribution is -0.137. The standard InChI is InChI=1S/C10H21NO5S/c1-3-4-9-17(14,15)11(7-8-16-2)6-5-10(12)13/h3-9H2,1-2H3,(H,12,13). The van der Waals surface area contributed by atoms with Gasteiger partial charge in [0.2, 0.25) is 10.0 Å². The van der Waals surface area contributed by atoms with Gasteiger partial charge in [0.25, 0.3) is 0 Å². The highest BCUT2D eigenvalue weighted by molar-refractivity contribution is 7.89. The van der Waals surface area contributed by atoms with Crippen molar-refractivity contribution < 1.29 is 23.1 Å². The number of carbonyl (C=O) groups is 1. The summed E-state index contributed by atoms with van der Waals surface area (Å²) < 4.78 is 29.8. The molecule has 0 heterocycles. The first-order valence-corrected chi connectivity index (χ1v) is 7.23. The van der Waals surface area contributed by atoms with Crippen molar-refractivity contribution >= 4 is 16.0 Å². The fraction of sp³-hybridized carbons (Fsp3) is 0.900. The molecule has 6 nitrogen and oxygen atoms in total. The van der Waals surface area contributed by atoms with E-state index in [1.54, 1.807) is 0 Å². The van der Waals surface area contributed by atoms with Crippen LogP contribution in [0.1, 0.15) is 26.2 Å². The SMILES string of the molecule is CCCCS(=O)(=O)N(CCOC)CCC(=O)O. The number of carboxylic acid groups (broad SMARTS) is 1. The van der Waals surface area contributed by atoms with Crippen LogP contribution in [-0.2, 0) is 19.6 Å². The molecule has 102 valence electrons. The molecule has 0 fully saturated rings. The zero-order valence-electron chi connectivity index (χ0n) is 10.4. The van der Waals surface area contributed by atoms with E-state index >= 15 is 0 Å². The number of nitrogens with zero attached hydrogens (tertiary/aromatic N) is 1. The molecule has 1 N–H and O–H groups in total. The van der Waals surface area contributed by atoms with Crippen LogP contribution >= 0.6 is 0 Å². The molecule has 0 saturated carbocycles. The Hall–Kier alpha value is -0.660. The second-order valence-corrected chi connectivity index (χ2v) is 5.79. The van der Waals surface area contributed by atoms with Crippen molar-refractivity contribution in [2.75, 3.05) is 32.6 Å². The van der Waals surface area contributed by atoms with E-state index in [1.807, 2.05) is 6.92 Å². The Bertz CT molecular complexity index is 315. The van der Waals surface area contributed by atoms with Crippen LogP contribution in [0.2, 0.25) is 0 Å². The van der Waals surface area contributed by atoms with Crippen LogP contribution in [0.25, 0.3) is 0 Å². The average Bonchev–Trinajstić information content (AvgIpc) is 2.25. The van der Waals surface area contributed by atoms with Gasteiger partial charge in [-0.05, 0) is 6.42 Å². The van der Waals surface area contributed by atoms with E-state index in [4.69, 9.17) is 9.84 Å². The molecule has 0 saturated heterocycles. The smallest absolute Gasteiger partial charge is 0.304 e. The normalized spacial score (nSPS) is 11.9. The van der Waals surface area contributed by atoms with Crippen molar-refractivity contribution in [1.82, 2.24) is 4.31 Å². The van der Waals surface area contributed by atoms with E-state index in [1.165, 1.54) is 11.4 Å². The lowest BCUT2D eigenvalue weighted by Crippen LogP contribution is -2.37. The minimum atomic E-state index is -3.36. The Morgan fingerprint density at radius 3 is 2.47 bits per heavy atom. The Labute approximate surface area is 103 Å². The topological polar surface area (TPSA) is 83.9 Å². The van der Waals surface area contributed by atoms with Crippen molar-refractivity contribution in [2.45, 2.75) is 26.2 Å². The summed E-state index contributed by atoms with van der Waals surface area (Å²) in [4.78, 5) is 10.5. The van der Waals surface area contributed by atoms with Crippen LogP contribution in [0, 0.1) is 0 Å². The average molecular weight is 267 g/mol. The lowest BCUT2D eigenvalue weighted by atomic mass is 10.4. The molecule has 0 aliphatic carbocycles. The third-order valence-electron chi connectivity index (χ3n) is 2.27. The van der Waals surface area contributed by atoms with Crippen molar-refractivity contribution in [2.24, 2.45) is 0 Å². The highest BCUT2D eigenvalue weighted by atomic mass is 32.2. The summed E-state index contributed by atoms with van der Waals surface area (Å²) in [6, 6.07) is 0. The van der Waals surface area contributed by atoms with Gasteiger partial charge in [0, 0.05) is 20.2 Å². The highest BCUT2D eigenvalue weighted by Gasteiger charge is 2.21. The molecule has 0 unspecified atom stereocenters. The Morgan fingerprint density at radius 1 is 1.35 bits per heavy atom. The van der Waals surface area contributed by atoms with E-state index in [0.717, 1.165) is 6.42 Å². The van der Waals surface area contributed by atoms with Crippen LogP contribution in [0.4, 0.5) is 0 Å². The number of unbranched alkanes of at least 4 members (excludes halogenated alkanes) is 1. The lowest BCUT2D eigenvalue weighted by Gasteiger charge is -2.20. The predicted molar refractivity (Wildman–Crippen MR) is 64.4 cm³/mol. The zero-order chi connectivity index (χ0) is 13.3. The molecular weight excluding hydrogens is 246 g/mol. The summed E-state index contributed by atoms with van der Waals surface area (Å²) in [7, 11) is -1.88. The molecule has 0 aromatic rings. The maximum absolute atomic E-state index is 11.9. The number of carboxylic acids is 1. The predicted octanol–water partition coefficient (Wildman–Crippen LogP) is 0.539. The summed E-state index contributed by atoms with van der Waals surface area (Å²) in [6.07, 6.45) is 1.18. The second-order valence-electron chi connectivity index (χ2n) is 3.71. The van der Waals surface area contributed by atoms with Gasteiger partial charge in [0.1, 0.15) is 0 Å². The Kier molecular flexibility index (Phi) is 8.11. The summed E-state index contributed by atoms with van der Waals surface area (Å²) in [5.41, 5.74) is 0. The number of rotatable bonds is 10. The molecule has 0 aromatic carbocycles. The fourth-order valence-electron chi connectivity index (χ4n) is 1.26. The van der Waals surface area contributed by atoms with Crippen LogP contribution in [0.5, 0.6) is 0 Å². The Morgan fingerprint density at radius 2 is 2.00 bits per heavy atom. The molecule has 7 heteroatoms. The van der Waals surface area contributed by atoms with E-state index < -0.39 is 16.0 Å². The third kappa shape index (κ3) is 7.30. The maximum Gasteiger partial charge on any atom is 0.304 e. The Balaban J connectivity index is 4.47. The summed E-state index contributed by atoms with van der Waals surface area (Å²) in [5, 5.41) is 8.58. The van der Waals surface area contributed by atoms with Gasteiger partial charge < -0.3 is 9.84 Å². The van der Waals surface area contributed by atoms with E-state index in [2.05, 4.69) is 0 Å². The molecule has 0 rings (SSSR count). The van der Waals surface area contributed by atoms with Gasteiger partial charge in [-0.3, -0.25) is 4.79 Å². The van der Waals surface area contributed by atoms with Crippen molar-refractivity contribution in [3.63, 3.8) is 0 Å². The van der Waals surface area contributed by atoms with E-state index in [9.17, 15) is 13.2 Å². The molecule has 0 aliphatic heterocycles. The van der Waals surface area contributed by atoms with E-state index in [-0.39, 0.29) is 31.9 Å². The third-order valence-corrected chi connectivity index (χ3v) is 4.23. The molecule has 0 spiro atoms. The molecule has 0 amide bonds. The molecule has 0 aromatic heterocycles. The largest absolute Gasteiger partial charge is 0.481 e. The summed E-state index contributed by atoms with van der Waals surface area (Å²) in [6.45, 7) is 2.39. The number of hydrogen-bond donors (Lipinski definition) is 1. The first-order valence-electron chi connectivity index (χ1n) is 5.62. The first-order chi connectivity index (χ1) is 7.94. The van der Waals surface area contributed by atoms with Gasteiger partial charge in [-0.15, -0.1) is 0 Å². The van der Waals surface area contributed by atoms with Crippen LogP contribution < -0.4 is 0 Å². The zero-order valence-corrected chi connectivity index (χ0v) is 11.2. The van der Waals surface area contributed by atoms with Gasteiger partial charge in [-0.2, -0.15) is 4.31 Å². The molecule has 0 radical (unpaired) electrons. The maximum atomic E-state index is 11.9. The van der Waals surface area contributed by atoms with E-state index in [0.29, 0.717) is 6.42 Å². The van der Waals surface area contributed by atoms with Crippen LogP contribution in [0.3, 0.4) is 0 Å². The van der Waals surface area contributed by atoms with Gasteiger partial charge in [0.05, 0.1) is 18.8 Å². The van der Waals surface area contributed by atoms with Gasteiger partial charge >= 0.3 is 5.97 Å². The highest BCUT2D eigenvalue weighted by Crippen LogP contribution is 2.06. The van der Waals surface area contributed by atoms with Gasteiger partial charge in [0.15, 0.2) is 0 Å². The fourth-order valence-corrected chi connectivity index (χ4v) is 2.89. The van der Waals surface area contributed by atoms with Gasteiger partial charge in [-0.1, -0.05) is 13.3 Å². The summed E-state index contributed by atoms with van der Waals surface area (Å²) >= 11 is 0.